The van der Waals surface area contributed by atoms with Crippen LogP contribution in [0, 0.1) is 0 Å². The Hall–Kier alpha value is -3.30. The number of aromatic nitrogens is 3. The first-order valence-corrected chi connectivity index (χ1v) is 11.8. The highest BCUT2D eigenvalue weighted by atomic mass is 32.2. The number of nitrogens with one attached hydrogen (secondary N) is 3. The van der Waals surface area contributed by atoms with Crippen LogP contribution in [0.4, 0.5) is 10.7 Å². The highest BCUT2D eigenvalue weighted by Gasteiger charge is 2.25. The van der Waals surface area contributed by atoms with Gasteiger partial charge in [0, 0.05) is 42.6 Å². The maximum atomic E-state index is 11.7. The first-order chi connectivity index (χ1) is 16.1. The van der Waals surface area contributed by atoms with Crippen molar-refractivity contribution in [1.82, 2.24) is 25.6 Å². The Morgan fingerprint density at radius 2 is 1.88 bits per heavy atom. The number of imide groups is 1. The van der Waals surface area contributed by atoms with Gasteiger partial charge in [-0.05, 0) is 60.5 Å². The summed E-state index contributed by atoms with van der Waals surface area (Å²) in [6.07, 6.45) is 11.3. The zero-order valence-electron chi connectivity index (χ0n) is 18.0. The molecule has 1 aliphatic heterocycles. The van der Waals surface area contributed by atoms with Gasteiger partial charge in [-0.25, -0.2) is 9.97 Å². The fraction of sp³-hybridized carbons (Fsp3) is 0.292. The number of anilines is 1. The molecule has 1 aromatic carbocycles. The molecule has 0 spiro atoms. The third kappa shape index (κ3) is 5.20. The number of hydrogen-bond donors (Lipinski definition) is 3. The lowest BCUT2D eigenvalue weighted by Crippen LogP contribution is -2.37. The van der Waals surface area contributed by atoms with Crippen LogP contribution >= 0.6 is 11.8 Å². The number of carbonyl (C=O) groups is 2. The summed E-state index contributed by atoms with van der Waals surface area (Å²) in [6, 6.07) is 10.8. The zero-order chi connectivity index (χ0) is 22.6. The molecular formula is C24H24N6O2S. The van der Waals surface area contributed by atoms with Crippen LogP contribution in [0.2, 0.25) is 0 Å². The van der Waals surface area contributed by atoms with E-state index in [0.29, 0.717) is 28.6 Å². The Morgan fingerprint density at radius 3 is 2.70 bits per heavy atom. The van der Waals surface area contributed by atoms with E-state index in [4.69, 9.17) is 0 Å². The number of amides is 2. The van der Waals surface area contributed by atoms with Crippen LogP contribution < -0.4 is 16.0 Å². The normalized spacial score (nSPS) is 22.0. The molecule has 8 nitrogen and oxygen atoms in total. The molecule has 2 aliphatic rings. The van der Waals surface area contributed by atoms with Gasteiger partial charge in [0.15, 0.2) is 0 Å². The topological polar surface area (TPSA) is 109 Å². The van der Waals surface area contributed by atoms with Crippen molar-refractivity contribution in [2.24, 2.45) is 0 Å². The van der Waals surface area contributed by atoms with Crippen LogP contribution in [-0.2, 0) is 11.3 Å². The summed E-state index contributed by atoms with van der Waals surface area (Å²) in [5, 5.41) is 11.4. The number of nitrogens with zero attached hydrogens (tertiary/aromatic N) is 3. The first-order valence-electron chi connectivity index (χ1n) is 11.0. The van der Waals surface area contributed by atoms with E-state index in [1.807, 2.05) is 18.5 Å². The minimum absolute atomic E-state index is 0.302. The molecule has 33 heavy (non-hydrogen) atoms. The van der Waals surface area contributed by atoms with Gasteiger partial charge in [-0.3, -0.25) is 19.9 Å². The summed E-state index contributed by atoms with van der Waals surface area (Å²) in [4.78, 5) is 36.6. The zero-order valence-corrected chi connectivity index (χ0v) is 18.8. The molecule has 2 amide bonds. The van der Waals surface area contributed by atoms with Crippen molar-refractivity contribution in [2.75, 3.05) is 5.32 Å². The van der Waals surface area contributed by atoms with Gasteiger partial charge in [0.1, 0.15) is 0 Å². The van der Waals surface area contributed by atoms with Gasteiger partial charge in [0.05, 0.1) is 10.6 Å². The van der Waals surface area contributed by atoms with E-state index in [1.165, 1.54) is 16.3 Å². The van der Waals surface area contributed by atoms with Gasteiger partial charge in [-0.2, -0.15) is 0 Å². The molecule has 3 heterocycles. The molecule has 168 valence electrons. The van der Waals surface area contributed by atoms with E-state index in [9.17, 15) is 9.59 Å². The van der Waals surface area contributed by atoms with Crippen molar-refractivity contribution in [3.05, 3.63) is 65.1 Å². The van der Waals surface area contributed by atoms with Crippen molar-refractivity contribution >= 4 is 45.7 Å². The third-order valence-corrected chi connectivity index (χ3v) is 6.80. The number of benzene rings is 1. The van der Waals surface area contributed by atoms with Crippen LogP contribution in [0.5, 0.6) is 0 Å². The van der Waals surface area contributed by atoms with Crippen molar-refractivity contribution < 1.29 is 9.59 Å². The number of fused-ring (bicyclic) bond motifs is 1. The van der Waals surface area contributed by atoms with E-state index in [-0.39, 0.29) is 11.1 Å². The maximum absolute atomic E-state index is 11.7. The molecule has 0 bridgehead atoms. The Bertz CT molecular complexity index is 1220. The molecule has 1 saturated carbocycles. The number of carbonyl (C=O) groups excluding carboxylic acids is 2. The van der Waals surface area contributed by atoms with Crippen molar-refractivity contribution in [1.29, 1.82) is 0 Å². The van der Waals surface area contributed by atoms with Crippen molar-refractivity contribution in [3.8, 4) is 0 Å². The van der Waals surface area contributed by atoms with Crippen LogP contribution in [0.3, 0.4) is 0 Å². The van der Waals surface area contributed by atoms with Crippen LogP contribution in [0.15, 0.2) is 53.8 Å². The second-order valence-electron chi connectivity index (χ2n) is 8.25. The van der Waals surface area contributed by atoms with Gasteiger partial charge in [-0.1, -0.05) is 24.3 Å². The molecule has 1 saturated heterocycles. The molecule has 5 rings (SSSR count). The third-order valence-electron chi connectivity index (χ3n) is 5.99. The standard InChI is InChI=1S/C24H24N6O2S/c31-22-21(33-24(32)30-22)11-19-9-10-26-23(29-19)28-18-7-5-17(6-8-18)27-14-16-13-25-12-15-3-1-2-4-20(15)16/h1-4,9-13,17-18,27H,5-8,14H2,(H,26,28,29)(H,30,31,32)/b21-11-/t17-,18-. The summed E-state index contributed by atoms with van der Waals surface area (Å²) < 4.78 is 0. The van der Waals surface area contributed by atoms with Crippen LogP contribution in [-0.4, -0.2) is 38.2 Å². The monoisotopic (exact) mass is 460 g/mol. The average molecular weight is 461 g/mol. The molecule has 0 atom stereocenters. The highest BCUT2D eigenvalue weighted by molar-refractivity contribution is 8.18. The minimum atomic E-state index is -0.386. The SMILES string of the molecule is O=C1NC(=O)/C(=C/c2ccnc(N[C@H]3CC[C@H](NCc4cncc5ccccc45)CC3)n2)S1. The number of rotatable bonds is 6. The summed E-state index contributed by atoms with van der Waals surface area (Å²) in [5.41, 5.74) is 1.82. The van der Waals surface area contributed by atoms with Gasteiger partial charge < -0.3 is 10.6 Å². The van der Waals surface area contributed by atoms with E-state index in [2.05, 4.69) is 49.1 Å². The molecule has 2 aromatic heterocycles. The molecule has 3 aromatic rings. The quantitative estimate of drug-likeness (QED) is 0.476. The van der Waals surface area contributed by atoms with Gasteiger partial charge in [0.25, 0.3) is 11.1 Å². The first kappa shape index (κ1) is 21.5. The number of thioether (sulfide) groups is 1. The Kier molecular flexibility index (Phi) is 6.32. The second kappa shape index (κ2) is 9.68. The lowest BCUT2D eigenvalue weighted by Gasteiger charge is -2.30. The number of pyridine rings is 1. The van der Waals surface area contributed by atoms with Crippen molar-refractivity contribution in [2.45, 2.75) is 44.3 Å². The minimum Gasteiger partial charge on any atom is -0.351 e. The summed E-state index contributed by atoms with van der Waals surface area (Å²) in [5.74, 6) is 0.153. The smallest absolute Gasteiger partial charge is 0.290 e. The Labute approximate surface area is 195 Å². The molecule has 3 N–H and O–H groups in total. The maximum Gasteiger partial charge on any atom is 0.290 e. The molecule has 0 radical (unpaired) electrons. The van der Waals surface area contributed by atoms with Gasteiger partial charge in [0.2, 0.25) is 5.95 Å². The molecule has 1 aliphatic carbocycles. The fourth-order valence-electron chi connectivity index (χ4n) is 4.28. The second-order valence-corrected chi connectivity index (χ2v) is 9.27. The summed E-state index contributed by atoms with van der Waals surface area (Å²) in [7, 11) is 0. The lowest BCUT2D eigenvalue weighted by atomic mass is 9.91. The molecular weight excluding hydrogens is 436 g/mol. The fourth-order valence-corrected chi connectivity index (χ4v) is 4.94. The van der Waals surface area contributed by atoms with E-state index < -0.39 is 0 Å². The predicted octanol–water partition coefficient (Wildman–Crippen LogP) is 3.86. The van der Waals surface area contributed by atoms with Crippen molar-refractivity contribution in [3.63, 3.8) is 0 Å². The lowest BCUT2D eigenvalue weighted by molar-refractivity contribution is -0.115. The van der Waals surface area contributed by atoms with Crippen LogP contribution in [0.1, 0.15) is 36.9 Å². The van der Waals surface area contributed by atoms with E-state index in [0.717, 1.165) is 44.0 Å². The average Bonchev–Trinajstić information content (AvgIpc) is 3.15. The summed E-state index contributed by atoms with van der Waals surface area (Å²) in [6.45, 7) is 0.811. The van der Waals surface area contributed by atoms with E-state index >= 15 is 0 Å². The van der Waals surface area contributed by atoms with Crippen LogP contribution in [0.25, 0.3) is 16.8 Å². The Balaban J connectivity index is 1.14. The highest BCUT2D eigenvalue weighted by Crippen LogP contribution is 2.26. The predicted molar refractivity (Wildman–Crippen MR) is 129 cm³/mol. The number of hydrogen-bond acceptors (Lipinski definition) is 8. The van der Waals surface area contributed by atoms with Gasteiger partial charge in [-0.15, -0.1) is 0 Å². The molecule has 2 fully saturated rings. The van der Waals surface area contributed by atoms with Gasteiger partial charge >= 0.3 is 0 Å². The summed E-state index contributed by atoms with van der Waals surface area (Å²) >= 11 is 0.884. The van der Waals surface area contributed by atoms with E-state index in [1.54, 1.807) is 18.3 Å². The molecule has 0 unspecified atom stereocenters. The Morgan fingerprint density at radius 1 is 1.06 bits per heavy atom. The molecule has 9 heteroatoms. The largest absolute Gasteiger partial charge is 0.351 e.